The molecule has 2 rings (SSSR count). The van der Waals surface area contributed by atoms with Gasteiger partial charge in [-0.25, -0.2) is 9.59 Å². The van der Waals surface area contributed by atoms with E-state index >= 15 is 0 Å². The fourth-order valence-electron chi connectivity index (χ4n) is 2.23. The molecule has 0 aliphatic carbocycles. The van der Waals surface area contributed by atoms with E-state index in [1.54, 1.807) is 0 Å². The summed E-state index contributed by atoms with van der Waals surface area (Å²) >= 11 is 1.51. The molecule has 2 unspecified atom stereocenters. The van der Waals surface area contributed by atoms with E-state index in [0.717, 1.165) is 12.0 Å². The first kappa shape index (κ1) is 14.7. The number of hydrogen-bond donors (Lipinski definition) is 2. The quantitative estimate of drug-likeness (QED) is 0.899. The minimum absolute atomic E-state index is 0.0832. The Morgan fingerprint density at radius 1 is 1.45 bits per heavy atom. The first-order chi connectivity index (χ1) is 9.54. The van der Waals surface area contributed by atoms with Crippen molar-refractivity contribution in [2.45, 2.75) is 31.7 Å². The molecule has 20 heavy (non-hydrogen) atoms. The van der Waals surface area contributed by atoms with E-state index in [1.165, 1.54) is 16.7 Å². The lowest BCUT2D eigenvalue weighted by Crippen LogP contribution is -2.47. The van der Waals surface area contributed by atoms with Crippen LogP contribution in [0.3, 0.4) is 0 Å². The second-order valence-electron chi connectivity index (χ2n) is 4.70. The lowest BCUT2D eigenvalue weighted by atomic mass is 10.2. The highest BCUT2D eigenvalue weighted by Crippen LogP contribution is 2.32. The third-order valence-corrected chi connectivity index (χ3v) is 4.80. The molecule has 108 valence electrons. The molecule has 2 atom stereocenters. The number of amides is 2. The van der Waals surface area contributed by atoms with Crippen molar-refractivity contribution in [1.82, 2.24) is 4.90 Å². The Labute approximate surface area is 122 Å². The molecule has 1 aromatic carbocycles. The van der Waals surface area contributed by atoms with E-state index in [-0.39, 0.29) is 11.4 Å². The number of aryl methyl sites for hydroxylation is 1. The predicted molar refractivity (Wildman–Crippen MR) is 80.0 cm³/mol. The summed E-state index contributed by atoms with van der Waals surface area (Å²) in [6.45, 7) is 3.86. The first-order valence-electron chi connectivity index (χ1n) is 6.54. The van der Waals surface area contributed by atoms with Crippen LogP contribution in [0.15, 0.2) is 24.3 Å². The van der Waals surface area contributed by atoms with Gasteiger partial charge in [0.1, 0.15) is 6.04 Å². The molecule has 1 fully saturated rings. The molecule has 0 radical (unpaired) electrons. The summed E-state index contributed by atoms with van der Waals surface area (Å²) in [5, 5.41) is 12.0. The van der Waals surface area contributed by atoms with Crippen LogP contribution >= 0.6 is 11.8 Å². The van der Waals surface area contributed by atoms with E-state index in [4.69, 9.17) is 0 Å². The number of benzene rings is 1. The van der Waals surface area contributed by atoms with Gasteiger partial charge in [0.2, 0.25) is 0 Å². The van der Waals surface area contributed by atoms with Crippen LogP contribution in [-0.4, -0.2) is 39.2 Å². The van der Waals surface area contributed by atoms with Gasteiger partial charge in [0.15, 0.2) is 0 Å². The number of carboxylic acids is 1. The molecule has 1 heterocycles. The third kappa shape index (κ3) is 2.90. The molecule has 1 aliphatic heterocycles. The van der Waals surface area contributed by atoms with Crippen molar-refractivity contribution in [2.75, 3.05) is 11.1 Å². The van der Waals surface area contributed by atoms with Crippen molar-refractivity contribution >= 4 is 29.4 Å². The monoisotopic (exact) mass is 294 g/mol. The van der Waals surface area contributed by atoms with Crippen LogP contribution in [-0.2, 0) is 4.79 Å². The number of anilines is 1. The minimum Gasteiger partial charge on any atom is -0.480 e. The average Bonchev–Trinajstić information content (AvgIpc) is 2.85. The summed E-state index contributed by atoms with van der Waals surface area (Å²) in [7, 11) is 0. The lowest BCUT2D eigenvalue weighted by Gasteiger charge is -2.27. The van der Waals surface area contributed by atoms with Crippen LogP contribution in [0.2, 0.25) is 0 Å². The summed E-state index contributed by atoms with van der Waals surface area (Å²) in [5.74, 6) is -0.511. The number of hydrogen-bond acceptors (Lipinski definition) is 3. The van der Waals surface area contributed by atoms with Gasteiger partial charge in [0, 0.05) is 11.4 Å². The minimum atomic E-state index is -0.951. The number of aliphatic carboxylic acids is 1. The van der Waals surface area contributed by atoms with E-state index in [1.807, 2.05) is 38.1 Å². The fraction of sp³-hybridized carbons (Fsp3) is 0.429. The summed E-state index contributed by atoms with van der Waals surface area (Å²) in [4.78, 5) is 25.1. The smallest absolute Gasteiger partial charge is 0.327 e. The van der Waals surface area contributed by atoms with Gasteiger partial charge in [-0.05, 0) is 25.0 Å². The summed E-state index contributed by atoms with van der Waals surface area (Å²) in [6.07, 6.45) is 0.732. The number of urea groups is 1. The van der Waals surface area contributed by atoms with Crippen LogP contribution in [0.1, 0.15) is 18.9 Å². The lowest BCUT2D eigenvalue weighted by molar-refractivity contribution is -0.141. The number of nitrogens with zero attached hydrogens (tertiary/aromatic N) is 1. The summed E-state index contributed by atoms with van der Waals surface area (Å²) in [6, 6.07) is 6.35. The van der Waals surface area contributed by atoms with Crippen LogP contribution in [0.4, 0.5) is 10.5 Å². The Bertz CT molecular complexity index is 521. The first-order valence-corrected chi connectivity index (χ1v) is 7.58. The molecule has 1 saturated heterocycles. The number of thioether (sulfide) groups is 1. The zero-order chi connectivity index (χ0) is 14.7. The standard InChI is InChI=1S/C14H18N2O3S/c1-3-12-16(11(8-20-12)13(17)18)14(19)15-10-7-5-4-6-9(10)2/h4-7,11-12H,3,8H2,1-2H3,(H,15,19)(H,17,18). The average molecular weight is 294 g/mol. The second kappa shape index (κ2) is 6.17. The van der Waals surface area contributed by atoms with Gasteiger partial charge in [-0.15, -0.1) is 11.8 Å². The molecular weight excluding hydrogens is 276 g/mol. The molecular formula is C14H18N2O3S. The molecule has 2 N–H and O–H groups in total. The molecule has 2 amide bonds. The van der Waals surface area contributed by atoms with Gasteiger partial charge in [-0.3, -0.25) is 4.90 Å². The zero-order valence-electron chi connectivity index (χ0n) is 11.5. The topological polar surface area (TPSA) is 69.6 Å². The molecule has 0 saturated carbocycles. The third-order valence-electron chi connectivity index (χ3n) is 3.35. The number of rotatable bonds is 3. The number of nitrogens with one attached hydrogen (secondary N) is 1. The Kier molecular flexibility index (Phi) is 4.54. The zero-order valence-corrected chi connectivity index (χ0v) is 12.3. The Hall–Kier alpha value is -1.69. The maximum absolute atomic E-state index is 12.4. The van der Waals surface area contributed by atoms with Crippen molar-refractivity contribution in [3.63, 3.8) is 0 Å². The van der Waals surface area contributed by atoms with E-state index in [9.17, 15) is 14.7 Å². The Morgan fingerprint density at radius 3 is 2.75 bits per heavy atom. The second-order valence-corrected chi connectivity index (χ2v) is 5.91. The van der Waals surface area contributed by atoms with Crippen molar-refractivity contribution in [1.29, 1.82) is 0 Å². The van der Waals surface area contributed by atoms with E-state index in [2.05, 4.69) is 5.32 Å². The van der Waals surface area contributed by atoms with Gasteiger partial charge in [-0.2, -0.15) is 0 Å². The predicted octanol–water partition coefficient (Wildman–Crippen LogP) is 2.77. The van der Waals surface area contributed by atoms with Crippen molar-refractivity contribution in [3.8, 4) is 0 Å². The molecule has 5 nitrogen and oxygen atoms in total. The van der Waals surface area contributed by atoms with Gasteiger partial charge in [-0.1, -0.05) is 25.1 Å². The molecule has 0 bridgehead atoms. The maximum Gasteiger partial charge on any atom is 0.327 e. The van der Waals surface area contributed by atoms with Gasteiger partial charge < -0.3 is 10.4 Å². The van der Waals surface area contributed by atoms with E-state index in [0.29, 0.717) is 11.4 Å². The van der Waals surface area contributed by atoms with E-state index < -0.39 is 12.0 Å². The molecule has 1 aliphatic rings. The summed E-state index contributed by atoms with van der Waals surface area (Å²) in [5.41, 5.74) is 1.67. The van der Waals surface area contributed by atoms with Gasteiger partial charge in [0.25, 0.3) is 0 Å². The largest absolute Gasteiger partial charge is 0.480 e. The van der Waals surface area contributed by atoms with Crippen molar-refractivity contribution in [2.24, 2.45) is 0 Å². The Balaban J connectivity index is 2.17. The fourth-order valence-corrected chi connectivity index (χ4v) is 3.58. The number of carbonyl (C=O) groups excluding carboxylic acids is 1. The Morgan fingerprint density at radius 2 is 2.15 bits per heavy atom. The SMILES string of the molecule is CCC1SCC(C(=O)O)N1C(=O)Nc1ccccc1C. The van der Waals surface area contributed by atoms with Crippen LogP contribution in [0, 0.1) is 6.92 Å². The number of carboxylic acid groups (broad SMARTS) is 1. The summed E-state index contributed by atoms with van der Waals surface area (Å²) < 4.78 is 0. The van der Waals surface area contributed by atoms with Crippen molar-refractivity contribution < 1.29 is 14.7 Å². The maximum atomic E-state index is 12.4. The molecule has 1 aromatic rings. The highest BCUT2D eigenvalue weighted by molar-refractivity contribution is 8.00. The van der Waals surface area contributed by atoms with Crippen molar-refractivity contribution in [3.05, 3.63) is 29.8 Å². The highest BCUT2D eigenvalue weighted by Gasteiger charge is 2.40. The van der Waals surface area contributed by atoms with Crippen LogP contribution < -0.4 is 5.32 Å². The molecule has 0 spiro atoms. The van der Waals surface area contributed by atoms with Gasteiger partial charge in [0.05, 0.1) is 5.37 Å². The molecule has 0 aromatic heterocycles. The molecule has 6 heteroatoms. The highest BCUT2D eigenvalue weighted by atomic mass is 32.2. The number of para-hydroxylation sites is 1. The number of carbonyl (C=O) groups is 2. The normalized spacial score (nSPS) is 21.8. The van der Waals surface area contributed by atoms with Gasteiger partial charge >= 0.3 is 12.0 Å². The van der Waals surface area contributed by atoms with Crippen LogP contribution in [0.5, 0.6) is 0 Å². The van der Waals surface area contributed by atoms with Crippen LogP contribution in [0.25, 0.3) is 0 Å².